The summed E-state index contributed by atoms with van der Waals surface area (Å²) < 4.78 is 12.5. The largest absolute Gasteiger partial charge is 0.383 e. The van der Waals surface area contributed by atoms with Crippen molar-refractivity contribution in [2.75, 3.05) is 45.4 Å². The van der Waals surface area contributed by atoms with Crippen LogP contribution in [-0.2, 0) is 23.1 Å². The Bertz CT molecular complexity index is 439. The van der Waals surface area contributed by atoms with Crippen molar-refractivity contribution < 1.29 is 9.47 Å². The lowest BCUT2D eigenvalue weighted by Gasteiger charge is -2.33. The summed E-state index contributed by atoms with van der Waals surface area (Å²) in [7, 11) is 5.56. The van der Waals surface area contributed by atoms with Crippen LogP contribution in [0.25, 0.3) is 0 Å². The molecule has 0 bridgehead atoms. The van der Waals surface area contributed by atoms with E-state index < -0.39 is 0 Å². The van der Waals surface area contributed by atoms with Crippen LogP contribution < -0.4 is 10.2 Å². The molecule has 2 rings (SSSR count). The van der Waals surface area contributed by atoms with E-state index >= 15 is 0 Å². The maximum Gasteiger partial charge on any atom is 0.131 e. The summed E-state index contributed by atoms with van der Waals surface area (Å²) in [5.74, 6) is 1.24. The molecule has 0 radical (unpaired) electrons. The van der Waals surface area contributed by atoms with Crippen LogP contribution in [0, 0.1) is 6.92 Å². The molecule has 0 amide bonds. The molecule has 6 heteroatoms. The predicted molar refractivity (Wildman–Crippen MR) is 83.8 cm³/mol. The molecular weight excluding hydrogens is 268 g/mol. The summed E-state index contributed by atoms with van der Waals surface area (Å²) in [5.41, 5.74) is 2.40. The Hall–Kier alpha value is -1.11. The van der Waals surface area contributed by atoms with E-state index in [1.165, 1.54) is 11.4 Å². The summed E-state index contributed by atoms with van der Waals surface area (Å²) in [6.45, 7) is 6.57. The van der Waals surface area contributed by atoms with Crippen molar-refractivity contribution in [2.24, 2.45) is 7.05 Å². The number of anilines is 1. The Morgan fingerprint density at radius 1 is 1.29 bits per heavy atom. The molecule has 0 aliphatic carbocycles. The first kappa shape index (κ1) is 16.3. The second-order valence-corrected chi connectivity index (χ2v) is 5.60. The van der Waals surface area contributed by atoms with Gasteiger partial charge in [0.2, 0.25) is 0 Å². The van der Waals surface area contributed by atoms with Crippen LogP contribution in [0.5, 0.6) is 0 Å². The predicted octanol–water partition coefficient (Wildman–Crippen LogP) is 1.08. The topological polar surface area (TPSA) is 51.5 Å². The molecule has 1 fully saturated rings. The van der Waals surface area contributed by atoms with Crippen molar-refractivity contribution >= 4 is 5.82 Å². The summed E-state index contributed by atoms with van der Waals surface area (Å²) in [6, 6.07) is 0. The lowest BCUT2D eigenvalue weighted by molar-refractivity contribution is 0.0816. The van der Waals surface area contributed by atoms with E-state index in [1.807, 2.05) is 11.7 Å². The smallest absolute Gasteiger partial charge is 0.131 e. The number of rotatable bonds is 7. The second kappa shape index (κ2) is 7.77. The van der Waals surface area contributed by atoms with E-state index in [0.29, 0.717) is 6.10 Å². The van der Waals surface area contributed by atoms with Gasteiger partial charge >= 0.3 is 0 Å². The molecule has 1 aromatic heterocycles. The number of hydrogen-bond donors (Lipinski definition) is 1. The van der Waals surface area contributed by atoms with Crippen LogP contribution >= 0.6 is 0 Å². The summed E-state index contributed by atoms with van der Waals surface area (Å²) in [5, 5.41) is 8.02. The Labute approximate surface area is 127 Å². The maximum atomic E-state index is 5.46. The van der Waals surface area contributed by atoms with Gasteiger partial charge in [0.25, 0.3) is 0 Å². The molecule has 0 atom stereocenters. The van der Waals surface area contributed by atoms with Crippen molar-refractivity contribution in [3.05, 3.63) is 11.3 Å². The van der Waals surface area contributed by atoms with Crippen molar-refractivity contribution in [3.8, 4) is 0 Å². The number of piperidine rings is 1. The van der Waals surface area contributed by atoms with Crippen molar-refractivity contribution in [1.29, 1.82) is 0 Å². The third-order valence-electron chi connectivity index (χ3n) is 4.17. The summed E-state index contributed by atoms with van der Waals surface area (Å²) in [4.78, 5) is 2.43. The van der Waals surface area contributed by atoms with Gasteiger partial charge in [-0.25, -0.2) is 0 Å². The van der Waals surface area contributed by atoms with E-state index in [0.717, 1.165) is 51.3 Å². The van der Waals surface area contributed by atoms with Crippen LogP contribution in [0.2, 0.25) is 0 Å². The van der Waals surface area contributed by atoms with E-state index in [9.17, 15) is 0 Å². The van der Waals surface area contributed by atoms with Crippen LogP contribution in [-0.4, -0.2) is 56.3 Å². The van der Waals surface area contributed by atoms with Crippen LogP contribution in [0.4, 0.5) is 5.82 Å². The van der Waals surface area contributed by atoms with E-state index in [2.05, 4.69) is 22.2 Å². The zero-order valence-corrected chi connectivity index (χ0v) is 13.7. The molecule has 21 heavy (non-hydrogen) atoms. The standard InChI is InChI=1S/C15H28N4O2/c1-12-14(11-16-7-10-20-3)15(18(2)17-12)19-8-5-13(21-4)6-9-19/h13,16H,5-11H2,1-4H3. The van der Waals surface area contributed by atoms with Gasteiger partial charge in [0.15, 0.2) is 0 Å². The molecule has 120 valence electrons. The number of aryl methyl sites for hydroxylation is 2. The summed E-state index contributed by atoms with van der Waals surface area (Å²) >= 11 is 0. The molecular formula is C15H28N4O2. The average Bonchev–Trinajstić information content (AvgIpc) is 2.78. The SMILES string of the molecule is COCCNCc1c(C)nn(C)c1N1CCC(OC)CC1. The molecule has 1 N–H and O–H groups in total. The summed E-state index contributed by atoms with van der Waals surface area (Å²) in [6.07, 6.45) is 2.56. The minimum atomic E-state index is 0.402. The molecule has 1 aliphatic rings. The zero-order chi connectivity index (χ0) is 15.2. The third kappa shape index (κ3) is 3.96. The Morgan fingerprint density at radius 2 is 2.00 bits per heavy atom. The third-order valence-corrected chi connectivity index (χ3v) is 4.17. The molecule has 0 saturated carbocycles. The molecule has 0 unspecified atom stereocenters. The van der Waals surface area contributed by atoms with Crippen LogP contribution in [0.3, 0.4) is 0 Å². The zero-order valence-electron chi connectivity index (χ0n) is 13.7. The number of nitrogens with zero attached hydrogens (tertiary/aromatic N) is 3. The Kier molecular flexibility index (Phi) is 6.02. The van der Waals surface area contributed by atoms with Gasteiger partial charge in [0.05, 0.1) is 18.4 Å². The molecule has 1 aliphatic heterocycles. The number of ether oxygens (including phenoxy) is 2. The highest BCUT2D eigenvalue weighted by atomic mass is 16.5. The van der Waals surface area contributed by atoms with Crippen LogP contribution in [0.15, 0.2) is 0 Å². The van der Waals surface area contributed by atoms with Gasteiger partial charge in [0, 0.05) is 53.0 Å². The first-order chi connectivity index (χ1) is 10.2. The second-order valence-electron chi connectivity index (χ2n) is 5.60. The highest BCUT2D eigenvalue weighted by Crippen LogP contribution is 2.26. The molecule has 2 heterocycles. The molecule has 1 aromatic rings. The van der Waals surface area contributed by atoms with Gasteiger partial charge in [-0.3, -0.25) is 4.68 Å². The highest BCUT2D eigenvalue weighted by molar-refractivity contribution is 5.50. The van der Waals surface area contributed by atoms with Gasteiger partial charge in [0.1, 0.15) is 5.82 Å². The normalized spacial score (nSPS) is 16.7. The quantitative estimate of drug-likeness (QED) is 0.763. The molecule has 1 saturated heterocycles. The van der Waals surface area contributed by atoms with Gasteiger partial charge in [-0.1, -0.05) is 0 Å². The number of hydrogen-bond acceptors (Lipinski definition) is 5. The van der Waals surface area contributed by atoms with Gasteiger partial charge in [-0.15, -0.1) is 0 Å². The lowest BCUT2D eigenvalue weighted by Crippen LogP contribution is -2.38. The van der Waals surface area contributed by atoms with E-state index in [4.69, 9.17) is 9.47 Å². The number of aromatic nitrogens is 2. The fourth-order valence-corrected chi connectivity index (χ4v) is 2.98. The van der Waals surface area contributed by atoms with E-state index in [1.54, 1.807) is 14.2 Å². The van der Waals surface area contributed by atoms with Gasteiger partial charge in [-0.2, -0.15) is 5.10 Å². The molecule has 0 aromatic carbocycles. The fourth-order valence-electron chi connectivity index (χ4n) is 2.98. The molecule has 6 nitrogen and oxygen atoms in total. The fraction of sp³-hybridized carbons (Fsp3) is 0.800. The van der Waals surface area contributed by atoms with Crippen molar-refractivity contribution in [2.45, 2.75) is 32.4 Å². The number of methoxy groups -OCH3 is 2. The average molecular weight is 296 g/mol. The Morgan fingerprint density at radius 3 is 2.62 bits per heavy atom. The lowest BCUT2D eigenvalue weighted by atomic mass is 10.1. The van der Waals surface area contributed by atoms with E-state index in [-0.39, 0.29) is 0 Å². The van der Waals surface area contributed by atoms with Crippen molar-refractivity contribution in [1.82, 2.24) is 15.1 Å². The first-order valence-corrected chi connectivity index (χ1v) is 7.67. The molecule has 0 spiro atoms. The first-order valence-electron chi connectivity index (χ1n) is 7.67. The minimum Gasteiger partial charge on any atom is -0.383 e. The maximum absolute atomic E-state index is 5.46. The van der Waals surface area contributed by atoms with Gasteiger partial charge < -0.3 is 19.7 Å². The van der Waals surface area contributed by atoms with Crippen molar-refractivity contribution in [3.63, 3.8) is 0 Å². The number of nitrogens with one attached hydrogen (secondary N) is 1. The minimum absolute atomic E-state index is 0.402. The highest BCUT2D eigenvalue weighted by Gasteiger charge is 2.24. The monoisotopic (exact) mass is 296 g/mol. The van der Waals surface area contributed by atoms with Gasteiger partial charge in [-0.05, 0) is 19.8 Å². The van der Waals surface area contributed by atoms with Crippen LogP contribution in [0.1, 0.15) is 24.1 Å². The Balaban J connectivity index is 2.04.